The number of para-hydroxylation sites is 1. The van der Waals surface area contributed by atoms with Crippen LogP contribution in [0.4, 0.5) is 5.69 Å². The molecule has 0 saturated carbocycles. The molecule has 0 aliphatic rings. The molecule has 1 unspecified atom stereocenters. The Morgan fingerprint density at radius 3 is 2.59 bits per heavy atom. The summed E-state index contributed by atoms with van der Waals surface area (Å²) in [6.45, 7) is 1.63. The van der Waals surface area contributed by atoms with Gasteiger partial charge in [-0.05, 0) is 30.5 Å². The first-order chi connectivity index (χ1) is 8.25. The standard InChI is InChI=1S/C14H15NOS/c1-11(16)10-13(14-8-5-9-17-14)15-12-6-3-2-4-7-12/h2-9,13,15H,10H2,1H3. The fourth-order valence-electron chi connectivity index (χ4n) is 1.74. The Kier molecular flexibility index (Phi) is 3.94. The molecule has 0 aliphatic heterocycles. The highest BCUT2D eigenvalue weighted by Crippen LogP contribution is 2.26. The van der Waals surface area contributed by atoms with Crippen LogP contribution in [0.5, 0.6) is 0 Å². The van der Waals surface area contributed by atoms with Crippen molar-refractivity contribution in [3.05, 3.63) is 52.7 Å². The first-order valence-corrected chi connectivity index (χ1v) is 6.48. The van der Waals surface area contributed by atoms with E-state index in [9.17, 15) is 4.79 Å². The molecule has 2 rings (SSSR count). The van der Waals surface area contributed by atoms with E-state index in [1.165, 1.54) is 4.88 Å². The molecule has 88 valence electrons. The van der Waals surface area contributed by atoms with Gasteiger partial charge in [0.25, 0.3) is 0 Å². The molecule has 0 bridgehead atoms. The number of hydrogen-bond acceptors (Lipinski definition) is 3. The second-order valence-electron chi connectivity index (χ2n) is 3.98. The third kappa shape index (κ3) is 3.43. The number of rotatable bonds is 5. The monoisotopic (exact) mass is 245 g/mol. The van der Waals surface area contributed by atoms with E-state index in [1.807, 2.05) is 41.8 Å². The number of thiophene rings is 1. The smallest absolute Gasteiger partial charge is 0.132 e. The Morgan fingerprint density at radius 1 is 1.24 bits per heavy atom. The van der Waals surface area contributed by atoms with Crippen LogP contribution in [0.2, 0.25) is 0 Å². The van der Waals surface area contributed by atoms with Crippen LogP contribution in [0, 0.1) is 0 Å². The van der Waals surface area contributed by atoms with Gasteiger partial charge in [0.15, 0.2) is 0 Å². The molecule has 2 aromatic rings. The molecule has 1 heterocycles. The lowest BCUT2D eigenvalue weighted by Crippen LogP contribution is -2.12. The molecule has 2 nitrogen and oxygen atoms in total. The van der Waals surface area contributed by atoms with E-state index in [2.05, 4.69) is 11.4 Å². The second kappa shape index (κ2) is 5.64. The van der Waals surface area contributed by atoms with Gasteiger partial charge in [-0.25, -0.2) is 0 Å². The lowest BCUT2D eigenvalue weighted by atomic mass is 10.1. The number of nitrogens with one attached hydrogen (secondary N) is 1. The summed E-state index contributed by atoms with van der Waals surface area (Å²) in [5.74, 6) is 0.201. The highest BCUT2D eigenvalue weighted by Gasteiger charge is 2.14. The first kappa shape index (κ1) is 11.9. The van der Waals surface area contributed by atoms with Crippen LogP contribution in [0.25, 0.3) is 0 Å². The van der Waals surface area contributed by atoms with Crippen molar-refractivity contribution in [3.63, 3.8) is 0 Å². The maximum atomic E-state index is 11.3. The fraction of sp³-hybridized carbons (Fsp3) is 0.214. The second-order valence-corrected chi connectivity index (χ2v) is 4.96. The van der Waals surface area contributed by atoms with Gasteiger partial charge in [0.1, 0.15) is 5.78 Å². The minimum Gasteiger partial charge on any atom is -0.377 e. The molecule has 0 fully saturated rings. The summed E-state index contributed by atoms with van der Waals surface area (Å²) in [6, 6.07) is 14.1. The predicted molar refractivity (Wildman–Crippen MR) is 72.4 cm³/mol. The van der Waals surface area contributed by atoms with E-state index in [0.29, 0.717) is 6.42 Å². The number of hydrogen-bond donors (Lipinski definition) is 1. The Morgan fingerprint density at radius 2 is 2.00 bits per heavy atom. The summed E-state index contributed by atoms with van der Waals surface area (Å²) in [4.78, 5) is 12.5. The van der Waals surface area contributed by atoms with E-state index in [0.717, 1.165) is 5.69 Å². The Hall–Kier alpha value is -1.61. The average molecular weight is 245 g/mol. The third-order valence-electron chi connectivity index (χ3n) is 2.49. The van der Waals surface area contributed by atoms with Gasteiger partial charge in [0, 0.05) is 17.0 Å². The number of carbonyl (C=O) groups excluding carboxylic acids is 1. The molecule has 1 atom stereocenters. The molecular weight excluding hydrogens is 230 g/mol. The zero-order valence-electron chi connectivity index (χ0n) is 9.72. The maximum Gasteiger partial charge on any atom is 0.132 e. The molecule has 17 heavy (non-hydrogen) atoms. The number of benzene rings is 1. The summed E-state index contributed by atoms with van der Waals surface area (Å²) in [7, 11) is 0. The van der Waals surface area contributed by atoms with Gasteiger partial charge in [0.05, 0.1) is 6.04 Å². The SMILES string of the molecule is CC(=O)CC(Nc1ccccc1)c1cccs1. The summed E-state index contributed by atoms with van der Waals surface area (Å²) >= 11 is 1.68. The van der Waals surface area contributed by atoms with Crippen molar-refractivity contribution in [3.8, 4) is 0 Å². The molecule has 0 radical (unpaired) electrons. The topological polar surface area (TPSA) is 29.1 Å². The highest BCUT2D eigenvalue weighted by atomic mass is 32.1. The van der Waals surface area contributed by atoms with Crippen molar-refractivity contribution in [1.82, 2.24) is 0 Å². The van der Waals surface area contributed by atoms with Crippen molar-refractivity contribution < 1.29 is 4.79 Å². The summed E-state index contributed by atoms with van der Waals surface area (Å²) in [6.07, 6.45) is 0.523. The van der Waals surface area contributed by atoms with Crippen LogP contribution in [0.3, 0.4) is 0 Å². The zero-order valence-corrected chi connectivity index (χ0v) is 10.5. The van der Waals surface area contributed by atoms with E-state index < -0.39 is 0 Å². The Bertz CT molecular complexity index is 464. The summed E-state index contributed by atoms with van der Waals surface area (Å²) in [5.41, 5.74) is 1.05. The van der Waals surface area contributed by atoms with Crippen molar-refractivity contribution in [2.75, 3.05) is 5.32 Å². The van der Waals surface area contributed by atoms with E-state index in [4.69, 9.17) is 0 Å². The van der Waals surface area contributed by atoms with Crippen molar-refractivity contribution in [1.29, 1.82) is 0 Å². The molecular formula is C14H15NOS. The zero-order chi connectivity index (χ0) is 12.1. The Balaban J connectivity index is 2.14. The van der Waals surface area contributed by atoms with Crippen molar-refractivity contribution >= 4 is 22.8 Å². The van der Waals surface area contributed by atoms with Crippen LogP contribution < -0.4 is 5.32 Å². The van der Waals surface area contributed by atoms with Crippen LogP contribution in [-0.4, -0.2) is 5.78 Å². The molecule has 1 N–H and O–H groups in total. The third-order valence-corrected chi connectivity index (χ3v) is 3.48. The molecule has 0 saturated heterocycles. The van der Waals surface area contributed by atoms with E-state index >= 15 is 0 Å². The van der Waals surface area contributed by atoms with Gasteiger partial charge in [-0.15, -0.1) is 11.3 Å². The fourth-order valence-corrected chi connectivity index (χ4v) is 2.51. The van der Waals surface area contributed by atoms with Gasteiger partial charge < -0.3 is 5.32 Å². The molecule has 1 aromatic heterocycles. The van der Waals surface area contributed by atoms with Crippen LogP contribution in [0.15, 0.2) is 47.8 Å². The molecule has 0 aliphatic carbocycles. The van der Waals surface area contributed by atoms with E-state index in [-0.39, 0.29) is 11.8 Å². The highest BCUT2D eigenvalue weighted by molar-refractivity contribution is 7.10. The summed E-state index contributed by atoms with van der Waals surface area (Å²) < 4.78 is 0. The minimum atomic E-state index is 0.0786. The number of carbonyl (C=O) groups is 1. The predicted octanol–water partition coefficient (Wildman–Crippen LogP) is 3.88. The van der Waals surface area contributed by atoms with Crippen LogP contribution in [0.1, 0.15) is 24.3 Å². The van der Waals surface area contributed by atoms with Gasteiger partial charge in [-0.1, -0.05) is 24.3 Å². The van der Waals surface area contributed by atoms with E-state index in [1.54, 1.807) is 18.3 Å². The Labute approximate surface area is 105 Å². The normalized spacial score (nSPS) is 12.1. The molecule has 1 aromatic carbocycles. The quantitative estimate of drug-likeness (QED) is 0.866. The van der Waals surface area contributed by atoms with Crippen molar-refractivity contribution in [2.45, 2.75) is 19.4 Å². The summed E-state index contributed by atoms with van der Waals surface area (Å²) in [5, 5.41) is 5.44. The first-order valence-electron chi connectivity index (χ1n) is 5.60. The number of ketones is 1. The van der Waals surface area contributed by atoms with Crippen LogP contribution in [-0.2, 0) is 4.79 Å². The average Bonchev–Trinajstić information content (AvgIpc) is 2.82. The van der Waals surface area contributed by atoms with Gasteiger partial charge >= 0.3 is 0 Å². The molecule has 3 heteroatoms. The maximum absolute atomic E-state index is 11.3. The molecule has 0 amide bonds. The van der Waals surface area contributed by atoms with Gasteiger partial charge in [-0.3, -0.25) is 4.79 Å². The van der Waals surface area contributed by atoms with Gasteiger partial charge in [-0.2, -0.15) is 0 Å². The minimum absolute atomic E-state index is 0.0786. The lowest BCUT2D eigenvalue weighted by molar-refractivity contribution is -0.117. The van der Waals surface area contributed by atoms with Crippen molar-refractivity contribution in [2.24, 2.45) is 0 Å². The van der Waals surface area contributed by atoms with Crippen LogP contribution >= 0.6 is 11.3 Å². The number of anilines is 1. The molecule has 0 spiro atoms. The van der Waals surface area contributed by atoms with Gasteiger partial charge in [0.2, 0.25) is 0 Å². The number of Topliss-reactive ketones (excluding diaryl/α,β-unsaturated/α-hetero) is 1. The lowest BCUT2D eigenvalue weighted by Gasteiger charge is -2.17. The largest absolute Gasteiger partial charge is 0.377 e.